The predicted molar refractivity (Wildman–Crippen MR) is 108 cm³/mol. The van der Waals surface area contributed by atoms with Crippen molar-refractivity contribution in [1.29, 1.82) is 0 Å². The van der Waals surface area contributed by atoms with Crippen molar-refractivity contribution in [3.63, 3.8) is 0 Å². The summed E-state index contributed by atoms with van der Waals surface area (Å²) in [5.41, 5.74) is 3.29. The van der Waals surface area contributed by atoms with Gasteiger partial charge in [0.15, 0.2) is 11.4 Å². The maximum atomic E-state index is 13.8. The minimum Gasteiger partial charge on any atom is -0.482 e. The molecule has 0 atom stereocenters. The van der Waals surface area contributed by atoms with Crippen LogP contribution in [-0.2, 0) is 13.2 Å². The van der Waals surface area contributed by atoms with Crippen molar-refractivity contribution in [3.05, 3.63) is 98.7 Å². The lowest BCUT2D eigenvalue weighted by Gasteiger charge is -2.15. The standard InChI is InChI=1S/C21H17F3N4O4/c22-12-6-15(23)13(16(24)7-12)8-27-21(31)14-9-28(26)17(20(25)30)19(18(14)29)32-10-11-4-2-1-3-5-11/h1-7,9H,8,10,26H2,(H2,25,30)(H,27,31). The Morgan fingerprint density at radius 3 is 2.28 bits per heavy atom. The van der Waals surface area contributed by atoms with Crippen molar-refractivity contribution in [2.45, 2.75) is 13.2 Å². The van der Waals surface area contributed by atoms with Crippen LogP contribution in [-0.4, -0.2) is 16.5 Å². The molecule has 1 aromatic heterocycles. The van der Waals surface area contributed by atoms with Crippen LogP contribution in [0.25, 0.3) is 0 Å². The van der Waals surface area contributed by atoms with Gasteiger partial charge in [0.05, 0.1) is 0 Å². The van der Waals surface area contributed by atoms with Crippen LogP contribution in [0.1, 0.15) is 32.0 Å². The fourth-order valence-electron chi connectivity index (χ4n) is 2.88. The van der Waals surface area contributed by atoms with Crippen molar-refractivity contribution >= 4 is 11.8 Å². The van der Waals surface area contributed by atoms with E-state index in [4.69, 9.17) is 16.3 Å². The number of nitrogens with zero attached hydrogens (tertiary/aromatic N) is 1. The van der Waals surface area contributed by atoms with E-state index in [0.29, 0.717) is 22.4 Å². The monoisotopic (exact) mass is 446 g/mol. The lowest BCUT2D eigenvalue weighted by Crippen LogP contribution is -2.35. The topological polar surface area (TPSA) is 129 Å². The molecular formula is C21H17F3N4O4. The molecule has 32 heavy (non-hydrogen) atoms. The summed E-state index contributed by atoms with van der Waals surface area (Å²) in [7, 11) is 0. The molecule has 0 aliphatic rings. The summed E-state index contributed by atoms with van der Waals surface area (Å²) in [5, 5.41) is 2.15. The van der Waals surface area contributed by atoms with Crippen molar-refractivity contribution in [2.24, 2.45) is 5.73 Å². The second kappa shape index (κ2) is 9.25. The fraction of sp³-hybridized carbons (Fsp3) is 0.0952. The van der Waals surface area contributed by atoms with Gasteiger partial charge in [-0.2, -0.15) is 0 Å². The molecule has 166 valence electrons. The highest BCUT2D eigenvalue weighted by molar-refractivity contribution is 5.98. The van der Waals surface area contributed by atoms with Gasteiger partial charge in [0.25, 0.3) is 11.8 Å². The summed E-state index contributed by atoms with van der Waals surface area (Å²) in [6.45, 7) is -0.813. The quantitative estimate of drug-likeness (QED) is 0.475. The Morgan fingerprint density at radius 1 is 1.06 bits per heavy atom. The number of rotatable bonds is 7. The molecule has 2 amide bonds. The Morgan fingerprint density at radius 2 is 1.69 bits per heavy atom. The Labute approximate surface area is 179 Å². The largest absolute Gasteiger partial charge is 0.482 e. The highest BCUT2D eigenvalue weighted by Gasteiger charge is 2.24. The zero-order valence-electron chi connectivity index (χ0n) is 16.4. The summed E-state index contributed by atoms with van der Waals surface area (Å²) in [4.78, 5) is 37.1. The predicted octanol–water partition coefficient (Wildman–Crippen LogP) is 1.59. The Bertz CT molecular complexity index is 1220. The number of carbonyl (C=O) groups is 2. The summed E-state index contributed by atoms with van der Waals surface area (Å²) in [5.74, 6) is -0.513. The Balaban J connectivity index is 1.91. The number of halogens is 3. The van der Waals surface area contributed by atoms with Gasteiger partial charge >= 0.3 is 0 Å². The number of hydrogen-bond acceptors (Lipinski definition) is 5. The Hall–Kier alpha value is -4.28. The normalized spacial score (nSPS) is 10.6. The molecule has 0 saturated carbocycles. The van der Waals surface area contributed by atoms with E-state index in [1.54, 1.807) is 30.3 Å². The number of primary amides is 1. The number of aromatic nitrogens is 1. The molecule has 0 fully saturated rings. The minimum atomic E-state index is -1.21. The van der Waals surface area contributed by atoms with Crippen molar-refractivity contribution in [3.8, 4) is 5.75 Å². The van der Waals surface area contributed by atoms with Crippen LogP contribution in [0.3, 0.4) is 0 Å². The summed E-state index contributed by atoms with van der Waals surface area (Å²) in [6.07, 6.45) is 0.838. The van der Waals surface area contributed by atoms with E-state index < -0.39 is 63.8 Å². The first-order valence-electron chi connectivity index (χ1n) is 9.12. The van der Waals surface area contributed by atoms with Gasteiger partial charge in [-0.25, -0.2) is 13.2 Å². The zero-order chi connectivity index (χ0) is 23.4. The van der Waals surface area contributed by atoms with Gasteiger partial charge in [0.1, 0.15) is 29.6 Å². The average Bonchev–Trinajstić information content (AvgIpc) is 2.73. The number of ether oxygens (including phenoxy) is 1. The number of nitrogen functional groups attached to an aromatic ring is 1. The highest BCUT2D eigenvalue weighted by atomic mass is 19.1. The molecule has 11 heteroatoms. The molecule has 0 radical (unpaired) electrons. The molecule has 0 bridgehead atoms. The minimum absolute atomic E-state index is 0.132. The molecule has 2 aromatic carbocycles. The molecule has 0 aliphatic carbocycles. The van der Waals surface area contributed by atoms with Gasteiger partial charge in [-0.15, -0.1) is 0 Å². The first-order chi connectivity index (χ1) is 15.2. The zero-order valence-corrected chi connectivity index (χ0v) is 16.4. The SMILES string of the molecule is NC(=O)c1c(OCc2ccccc2)c(=O)c(C(=O)NCc2c(F)cc(F)cc2F)cn1N. The summed E-state index contributed by atoms with van der Waals surface area (Å²) >= 11 is 0. The van der Waals surface area contributed by atoms with Crippen molar-refractivity contribution < 1.29 is 27.5 Å². The van der Waals surface area contributed by atoms with E-state index in [-0.39, 0.29) is 6.61 Å². The first-order valence-corrected chi connectivity index (χ1v) is 9.12. The molecule has 3 rings (SSSR count). The van der Waals surface area contributed by atoms with Gasteiger partial charge in [-0.05, 0) is 5.56 Å². The van der Waals surface area contributed by atoms with Crippen LogP contribution >= 0.6 is 0 Å². The van der Waals surface area contributed by atoms with E-state index in [0.717, 1.165) is 6.20 Å². The van der Waals surface area contributed by atoms with Crippen LogP contribution in [0.4, 0.5) is 13.2 Å². The van der Waals surface area contributed by atoms with Gasteiger partial charge < -0.3 is 21.6 Å². The van der Waals surface area contributed by atoms with Gasteiger partial charge in [-0.3, -0.25) is 19.1 Å². The summed E-state index contributed by atoms with van der Waals surface area (Å²) < 4.78 is 46.7. The second-order valence-corrected chi connectivity index (χ2v) is 6.63. The maximum absolute atomic E-state index is 13.8. The van der Waals surface area contributed by atoms with Crippen LogP contribution in [0.15, 0.2) is 53.5 Å². The first kappa shape index (κ1) is 22.4. The second-order valence-electron chi connectivity index (χ2n) is 6.63. The fourth-order valence-corrected chi connectivity index (χ4v) is 2.88. The molecule has 0 saturated heterocycles. The van der Waals surface area contributed by atoms with Crippen molar-refractivity contribution in [2.75, 3.05) is 5.84 Å². The number of benzene rings is 2. The van der Waals surface area contributed by atoms with E-state index in [1.807, 2.05) is 0 Å². The number of nitrogens with two attached hydrogens (primary N) is 2. The highest BCUT2D eigenvalue weighted by Crippen LogP contribution is 2.17. The molecule has 3 aromatic rings. The Kier molecular flexibility index (Phi) is 6.47. The molecule has 0 spiro atoms. The number of hydrogen-bond donors (Lipinski definition) is 3. The van der Waals surface area contributed by atoms with Crippen LogP contribution < -0.4 is 27.1 Å². The third-order valence-electron chi connectivity index (χ3n) is 4.43. The molecule has 1 heterocycles. The molecule has 8 nitrogen and oxygen atoms in total. The average molecular weight is 446 g/mol. The number of pyridine rings is 1. The molecule has 0 aliphatic heterocycles. The van der Waals surface area contributed by atoms with Gasteiger partial charge in [-0.1, -0.05) is 30.3 Å². The smallest absolute Gasteiger partial charge is 0.271 e. The van der Waals surface area contributed by atoms with E-state index in [1.165, 1.54) is 0 Å². The third-order valence-corrected chi connectivity index (χ3v) is 4.43. The van der Waals surface area contributed by atoms with Crippen LogP contribution in [0.2, 0.25) is 0 Å². The van der Waals surface area contributed by atoms with Gasteiger partial charge in [0, 0.05) is 30.4 Å². The van der Waals surface area contributed by atoms with Crippen LogP contribution in [0, 0.1) is 17.5 Å². The number of amides is 2. The van der Waals surface area contributed by atoms with Gasteiger partial charge in [0.2, 0.25) is 5.43 Å². The van der Waals surface area contributed by atoms with Crippen LogP contribution in [0.5, 0.6) is 5.75 Å². The van der Waals surface area contributed by atoms with E-state index in [9.17, 15) is 27.6 Å². The number of nitrogens with one attached hydrogen (secondary N) is 1. The molecular weight excluding hydrogens is 429 g/mol. The van der Waals surface area contributed by atoms with Crippen molar-refractivity contribution in [1.82, 2.24) is 9.99 Å². The molecule has 0 unspecified atom stereocenters. The van der Waals surface area contributed by atoms with E-state index >= 15 is 0 Å². The lowest BCUT2D eigenvalue weighted by atomic mass is 10.1. The maximum Gasteiger partial charge on any atom is 0.271 e. The number of carbonyl (C=O) groups excluding carboxylic acids is 2. The molecule has 5 N–H and O–H groups in total. The van der Waals surface area contributed by atoms with E-state index in [2.05, 4.69) is 5.32 Å². The summed E-state index contributed by atoms with van der Waals surface area (Å²) in [6, 6.07) is 9.53. The third kappa shape index (κ3) is 4.72. The lowest BCUT2D eigenvalue weighted by molar-refractivity contribution is 0.0941.